The zero-order valence-corrected chi connectivity index (χ0v) is 12.5. The molecule has 3 rings (SSSR count). The van der Waals surface area contributed by atoms with E-state index in [-0.39, 0.29) is 5.82 Å². The molecule has 0 aromatic heterocycles. The summed E-state index contributed by atoms with van der Waals surface area (Å²) in [6, 6.07) is 7.34. The first-order valence-electron chi connectivity index (χ1n) is 7.87. The maximum absolute atomic E-state index is 13.1. The average molecular weight is 276 g/mol. The van der Waals surface area contributed by atoms with Crippen LogP contribution in [-0.4, -0.2) is 36.1 Å². The quantitative estimate of drug-likeness (QED) is 0.889. The number of nitrogens with one attached hydrogen (secondary N) is 1. The SMILES string of the molecule is Cc1cc(F)ccc1CCNC1CC(C)N(C2CC2)C1. The number of likely N-dealkylation sites (tertiary alicyclic amines) is 1. The first-order chi connectivity index (χ1) is 9.63. The lowest BCUT2D eigenvalue weighted by Gasteiger charge is -2.19. The number of nitrogens with zero attached hydrogens (tertiary/aromatic N) is 1. The number of halogens is 1. The lowest BCUT2D eigenvalue weighted by atomic mass is 10.1. The second kappa shape index (κ2) is 5.82. The Balaban J connectivity index is 1.46. The van der Waals surface area contributed by atoms with E-state index in [0.29, 0.717) is 6.04 Å². The van der Waals surface area contributed by atoms with Crippen molar-refractivity contribution >= 4 is 0 Å². The Kier molecular flexibility index (Phi) is 4.08. The summed E-state index contributed by atoms with van der Waals surface area (Å²) in [5.41, 5.74) is 2.31. The lowest BCUT2D eigenvalue weighted by molar-refractivity contribution is 0.255. The molecular formula is C17H25FN2. The van der Waals surface area contributed by atoms with Gasteiger partial charge in [-0.2, -0.15) is 0 Å². The Morgan fingerprint density at radius 3 is 2.85 bits per heavy atom. The number of aryl methyl sites for hydroxylation is 1. The molecule has 110 valence electrons. The Hall–Kier alpha value is -0.930. The molecule has 2 unspecified atom stereocenters. The Labute approximate surface area is 121 Å². The Bertz CT molecular complexity index is 470. The van der Waals surface area contributed by atoms with E-state index in [1.807, 2.05) is 13.0 Å². The molecule has 20 heavy (non-hydrogen) atoms. The van der Waals surface area contributed by atoms with Crippen molar-refractivity contribution in [1.29, 1.82) is 0 Å². The van der Waals surface area contributed by atoms with Crippen molar-refractivity contribution in [3.8, 4) is 0 Å². The second-order valence-corrected chi connectivity index (χ2v) is 6.48. The Morgan fingerprint density at radius 1 is 1.35 bits per heavy atom. The molecule has 0 bridgehead atoms. The smallest absolute Gasteiger partial charge is 0.123 e. The molecule has 2 nitrogen and oxygen atoms in total. The van der Waals surface area contributed by atoms with Crippen LogP contribution in [0.25, 0.3) is 0 Å². The van der Waals surface area contributed by atoms with Crippen molar-refractivity contribution < 1.29 is 4.39 Å². The third kappa shape index (κ3) is 3.21. The molecular weight excluding hydrogens is 251 g/mol. The summed E-state index contributed by atoms with van der Waals surface area (Å²) in [5, 5.41) is 3.68. The summed E-state index contributed by atoms with van der Waals surface area (Å²) in [6.07, 6.45) is 5.04. The lowest BCUT2D eigenvalue weighted by Crippen LogP contribution is -2.35. The summed E-state index contributed by atoms with van der Waals surface area (Å²) in [7, 11) is 0. The first-order valence-corrected chi connectivity index (χ1v) is 7.87. The maximum Gasteiger partial charge on any atom is 0.123 e. The monoisotopic (exact) mass is 276 g/mol. The van der Waals surface area contributed by atoms with Gasteiger partial charge in [-0.1, -0.05) is 6.07 Å². The van der Waals surface area contributed by atoms with Gasteiger partial charge in [0.25, 0.3) is 0 Å². The third-order valence-electron chi connectivity index (χ3n) is 4.77. The molecule has 1 aromatic rings. The molecule has 2 fully saturated rings. The molecule has 1 heterocycles. The van der Waals surface area contributed by atoms with Gasteiger partial charge in [-0.05, 0) is 69.3 Å². The van der Waals surface area contributed by atoms with Gasteiger partial charge in [-0.3, -0.25) is 4.90 Å². The topological polar surface area (TPSA) is 15.3 Å². The first kappa shape index (κ1) is 14.0. The van der Waals surface area contributed by atoms with Crippen LogP contribution < -0.4 is 5.32 Å². The molecule has 3 heteroatoms. The number of hydrogen-bond donors (Lipinski definition) is 1. The Morgan fingerprint density at radius 2 is 2.15 bits per heavy atom. The molecule has 1 aliphatic carbocycles. The molecule has 1 N–H and O–H groups in total. The number of hydrogen-bond acceptors (Lipinski definition) is 2. The van der Waals surface area contributed by atoms with E-state index in [4.69, 9.17) is 0 Å². The van der Waals surface area contributed by atoms with Crippen LogP contribution in [0.1, 0.15) is 37.3 Å². The molecule has 0 amide bonds. The van der Waals surface area contributed by atoms with E-state index in [1.165, 1.54) is 31.4 Å². The summed E-state index contributed by atoms with van der Waals surface area (Å²) in [6.45, 7) is 6.53. The fourth-order valence-corrected chi connectivity index (χ4v) is 3.47. The van der Waals surface area contributed by atoms with Crippen molar-refractivity contribution in [2.45, 2.75) is 57.7 Å². The third-order valence-corrected chi connectivity index (χ3v) is 4.77. The summed E-state index contributed by atoms with van der Waals surface area (Å²) in [5.74, 6) is -0.135. The highest BCUT2D eigenvalue weighted by atomic mass is 19.1. The predicted molar refractivity (Wildman–Crippen MR) is 80.4 cm³/mol. The molecule has 1 saturated heterocycles. The van der Waals surface area contributed by atoms with Crippen LogP contribution in [0, 0.1) is 12.7 Å². The van der Waals surface area contributed by atoms with Gasteiger partial charge in [0, 0.05) is 24.7 Å². The minimum Gasteiger partial charge on any atom is -0.312 e. The van der Waals surface area contributed by atoms with E-state index in [0.717, 1.165) is 30.6 Å². The maximum atomic E-state index is 13.1. The number of benzene rings is 1. The van der Waals surface area contributed by atoms with Crippen LogP contribution in [0.2, 0.25) is 0 Å². The van der Waals surface area contributed by atoms with Crippen LogP contribution >= 0.6 is 0 Å². The fourth-order valence-electron chi connectivity index (χ4n) is 3.47. The van der Waals surface area contributed by atoms with Crippen LogP contribution in [-0.2, 0) is 6.42 Å². The van der Waals surface area contributed by atoms with Gasteiger partial charge in [0.2, 0.25) is 0 Å². The minimum absolute atomic E-state index is 0.135. The van der Waals surface area contributed by atoms with E-state index >= 15 is 0 Å². The fraction of sp³-hybridized carbons (Fsp3) is 0.647. The van der Waals surface area contributed by atoms with Crippen molar-refractivity contribution in [3.05, 3.63) is 35.1 Å². The molecule has 1 saturated carbocycles. The second-order valence-electron chi connectivity index (χ2n) is 6.48. The van der Waals surface area contributed by atoms with Crippen LogP contribution in [0.15, 0.2) is 18.2 Å². The molecule has 2 atom stereocenters. The molecule has 1 aromatic carbocycles. The van der Waals surface area contributed by atoms with Gasteiger partial charge in [-0.15, -0.1) is 0 Å². The standard InChI is InChI=1S/C17H25FN2/c1-12-9-15(18)4-3-14(12)7-8-19-16-10-13(2)20(11-16)17-5-6-17/h3-4,9,13,16-17,19H,5-8,10-11H2,1-2H3. The predicted octanol–water partition coefficient (Wildman–Crippen LogP) is 2.89. The molecule has 0 spiro atoms. The van der Waals surface area contributed by atoms with Gasteiger partial charge in [0.05, 0.1) is 0 Å². The zero-order chi connectivity index (χ0) is 14.1. The van der Waals surface area contributed by atoms with E-state index in [1.54, 1.807) is 12.1 Å². The molecule has 2 aliphatic rings. The van der Waals surface area contributed by atoms with Crippen molar-refractivity contribution in [2.75, 3.05) is 13.1 Å². The summed E-state index contributed by atoms with van der Waals surface area (Å²) < 4.78 is 13.1. The normalized spacial score (nSPS) is 27.1. The van der Waals surface area contributed by atoms with E-state index in [9.17, 15) is 4.39 Å². The summed E-state index contributed by atoms with van der Waals surface area (Å²) in [4.78, 5) is 2.67. The molecule has 1 aliphatic heterocycles. The van der Waals surface area contributed by atoms with Gasteiger partial charge < -0.3 is 5.32 Å². The summed E-state index contributed by atoms with van der Waals surface area (Å²) >= 11 is 0. The van der Waals surface area contributed by atoms with Crippen LogP contribution in [0.4, 0.5) is 4.39 Å². The van der Waals surface area contributed by atoms with Gasteiger partial charge in [0.1, 0.15) is 5.82 Å². The highest BCUT2D eigenvalue weighted by Gasteiger charge is 2.38. The highest BCUT2D eigenvalue weighted by molar-refractivity contribution is 5.26. The number of rotatable bonds is 5. The van der Waals surface area contributed by atoms with Crippen molar-refractivity contribution in [3.63, 3.8) is 0 Å². The largest absolute Gasteiger partial charge is 0.312 e. The highest BCUT2D eigenvalue weighted by Crippen LogP contribution is 2.33. The average Bonchev–Trinajstić information content (AvgIpc) is 3.17. The molecule has 0 radical (unpaired) electrons. The van der Waals surface area contributed by atoms with E-state index in [2.05, 4.69) is 17.1 Å². The zero-order valence-electron chi connectivity index (χ0n) is 12.5. The van der Waals surface area contributed by atoms with Gasteiger partial charge in [0.15, 0.2) is 0 Å². The van der Waals surface area contributed by atoms with Gasteiger partial charge >= 0.3 is 0 Å². The van der Waals surface area contributed by atoms with Crippen LogP contribution in [0.5, 0.6) is 0 Å². The van der Waals surface area contributed by atoms with Gasteiger partial charge in [-0.25, -0.2) is 4.39 Å². The minimum atomic E-state index is -0.135. The van der Waals surface area contributed by atoms with Crippen molar-refractivity contribution in [2.24, 2.45) is 0 Å². The van der Waals surface area contributed by atoms with E-state index < -0.39 is 0 Å². The van der Waals surface area contributed by atoms with Crippen LogP contribution in [0.3, 0.4) is 0 Å². The van der Waals surface area contributed by atoms with Crippen molar-refractivity contribution in [1.82, 2.24) is 10.2 Å².